The Morgan fingerprint density at radius 1 is 1.00 bits per heavy atom. The molecule has 0 aromatic heterocycles. The number of carbonyl (C=O) groups is 3. The Kier molecular flexibility index (Phi) is 6.75. The van der Waals surface area contributed by atoms with Crippen LogP contribution in [-0.4, -0.2) is 58.8 Å². The van der Waals surface area contributed by atoms with Crippen LogP contribution in [0, 0.1) is 0 Å². The van der Waals surface area contributed by atoms with Gasteiger partial charge in [0.1, 0.15) is 11.6 Å². The highest BCUT2D eigenvalue weighted by Crippen LogP contribution is 2.23. The maximum atomic E-state index is 12.5. The zero-order valence-corrected chi connectivity index (χ0v) is 17.9. The van der Waals surface area contributed by atoms with E-state index in [1.807, 2.05) is 42.5 Å². The number of hydrogen-bond acceptors (Lipinski definition) is 6. The number of aliphatic hydroxyl groups excluding tert-OH is 1. The minimum absolute atomic E-state index is 0.0242. The molecule has 1 heterocycles. The van der Waals surface area contributed by atoms with Gasteiger partial charge in [-0.1, -0.05) is 54.6 Å². The molecule has 1 aliphatic heterocycles. The van der Waals surface area contributed by atoms with Gasteiger partial charge in [-0.2, -0.15) is 0 Å². The van der Waals surface area contributed by atoms with Gasteiger partial charge in [-0.15, -0.1) is 0 Å². The molecule has 7 heteroatoms. The number of likely N-dealkylation sites (tertiary alicyclic amines) is 1. The van der Waals surface area contributed by atoms with Gasteiger partial charge in [0, 0.05) is 12.0 Å². The molecular formula is C24H27NO6. The van der Waals surface area contributed by atoms with Gasteiger partial charge in [0.25, 0.3) is 0 Å². The molecule has 164 valence electrons. The molecule has 2 aromatic carbocycles. The van der Waals surface area contributed by atoms with Crippen molar-refractivity contribution in [3.8, 4) is 11.1 Å². The lowest BCUT2D eigenvalue weighted by atomic mass is 10.0. The molecule has 31 heavy (non-hydrogen) atoms. The van der Waals surface area contributed by atoms with Crippen LogP contribution in [0.15, 0.2) is 54.6 Å². The summed E-state index contributed by atoms with van der Waals surface area (Å²) >= 11 is 0. The molecule has 1 amide bonds. The van der Waals surface area contributed by atoms with E-state index in [9.17, 15) is 19.5 Å². The van der Waals surface area contributed by atoms with Gasteiger partial charge in [-0.3, -0.25) is 9.69 Å². The van der Waals surface area contributed by atoms with E-state index in [0.29, 0.717) is 5.56 Å². The van der Waals surface area contributed by atoms with Crippen LogP contribution < -0.4 is 0 Å². The summed E-state index contributed by atoms with van der Waals surface area (Å²) in [5.74, 6) is -1.09. The third kappa shape index (κ3) is 5.92. The molecule has 0 aliphatic carbocycles. The summed E-state index contributed by atoms with van der Waals surface area (Å²) in [7, 11) is 0. The van der Waals surface area contributed by atoms with Gasteiger partial charge in [-0.25, -0.2) is 9.59 Å². The monoisotopic (exact) mass is 425 g/mol. The summed E-state index contributed by atoms with van der Waals surface area (Å²) in [6.07, 6.45) is -1.52. The molecule has 1 saturated heterocycles. The Bertz CT molecular complexity index is 933. The topological polar surface area (TPSA) is 93.1 Å². The first-order valence-corrected chi connectivity index (χ1v) is 10.2. The predicted molar refractivity (Wildman–Crippen MR) is 115 cm³/mol. The van der Waals surface area contributed by atoms with Crippen molar-refractivity contribution >= 4 is 17.8 Å². The van der Waals surface area contributed by atoms with Gasteiger partial charge in [0.15, 0.2) is 12.4 Å². The fourth-order valence-electron chi connectivity index (χ4n) is 3.35. The number of hydrogen-bond donors (Lipinski definition) is 1. The third-order valence-corrected chi connectivity index (χ3v) is 4.84. The number of aliphatic hydroxyl groups is 1. The van der Waals surface area contributed by atoms with Crippen molar-refractivity contribution in [2.24, 2.45) is 0 Å². The number of Topliss-reactive ketones (excluding diaryl/α,β-unsaturated/α-hetero) is 1. The molecule has 1 N–H and O–H groups in total. The van der Waals surface area contributed by atoms with E-state index in [-0.39, 0.29) is 18.7 Å². The van der Waals surface area contributed by atoms with Crippen LogP contribution in [0.1, 0.15) is 37.6 Å². The first-order valence-electron chi connectivity index (χ1n) is 10.2. The summed E-state index contributed by atoms with van der Waals surface area (Å²) in [5.41, 5.74) is 1.70. The number of amides is 1. The number of ketones is 1. The van der Waals surface area contributed by atoms with Gasteiger partial charge < -0.3 is 14.6 Å². The van der Waals surface area contributed by atoms with Crippen LogP contribution in [0.4, 0.5) is 4.79 Å². The maximum absolute atomic E-state index is 12.5. The second kappa shape index (κ2) is 9.31. The van der Waals surface area contributed by atoms with Gasteiger partial charge >= 0.3 is 12.1 Å². The van der Waals surface area contributed by atoms with E-state index in [1.54, 1.807) is 32.9 Å². The first kappa shape index (κ1) is 22.5. The van der Waals surface area contributed by atoms with E-state index >= 15 is 0 Å². The van der Waals surface area contributed by atoms with Crippen LogP contribution in [0.5, 0.6) is 0 Å². The highest BCUT2D eigenvalue weighted by molar-refractivity contribution is 5.98. The van der Waals surface area contributed by atoms with Gasteiger partial charge in [0.2, 0.25) is 0 Å². The minimum atomic E-state index is -0.988. The van der Waals surface area contributed by atoms with E-state index < -0.39 is 36.4 Å². The lowest BCUT2D eigenvalue weighted by Gasteiger charge is -2.27. The Morgan fingerprint density at radius 2 is 1.61 bits per heavy atom. The molecule has 1 fully saturated rings. The van der Waals surface area contributed by atoms with Crippen LogP contribution in [-0.2, 0) is 14.3 Å². The minimum Gasteiger partial charge on any atom is -0.456 e. The van der Waals surface area contributed by atoms with Crippen molar-refractivity contribution in [1.29, 1.82) is 0 Å². The zero-order chi connectivity index (χ0) is 22.6. The van der Waals surface area contributed by atoms with E-state index in [0.717, 1.165) is 16.0 Å². The van der Waals surface area contributed by atoms with Crippen molar-refractivity contribution in [2.75, 3.05) is 13.2 Å². The third-order valence-electron chi connectivity index (χ3n) is 4.84. The second-order valence-electron chi connectivity index (χ2n) is 8.51. The molecule has 1 aliphatic rings. The number of rotatable bonds is 5. The highest BCUT2D eigenvalue weighted by atomic mass is 16.6. The predicted octanol–water partition coefficient (Wildman–Crippen LogP) is 3.45. The molecule has 2 atom stereocenters. The average Bonchev–Trinajstić information content (AvgIpc) is 3.13. The van der Waals surface area contributed by atoms with Crippen molar-refractivity contribution < 1.29 is 29.0 Å². The Hall–Kier alpha value is -3.19. The van der Waals surface area contributed by atoms with Crippen LogP contribution in [0.3, 0.4) is 0 Å². The normalized spacial score (nSPS) is 18.5. The molecule has 3 rings (SSSR count). The second-order valence-corrected chi connectivity index (χ2v) is 8.51. The number of benzene rings is 2. The summed E-state index contributed by atoms with van der Waals surface area (Å²) in [5, 5.41) is 9.92. The molecule has 0 saturated carbocycles. The molecule has 0 radical (unpaired) electrons. The van der Waals surface area contributed by atoms with Crippen molar-refractivity contribution in [1.82, 2.24) is 4.90 Å². The summed E-state index contributed by atoms with van der Waals surface area (Å²) in [6, 6.07) is 15.8. The number of β-amino-alcohol motifs (C(OH)–C–C–N with tert-alkyl or cyclic N) is 1. The van der Waals surface area contributed by atoms with Gasteiger partial charge in [-0.05, 0) is 31.9 Å². The Morgan fingerprint density at radius 3 is 2.23 bits per heavy atom. The van der Waals surface area contributed by atoms with Gasteiger partial charge in [0.05, 0.1) is 12.6 Å². The lowest BCUT2D eigenvalue weighted by Crippen LogP contribution is -2.44. The first-order chi connectivity index (χ1) is 14.6. The zero-order valence-electron chi connectivity index (χ0n) is 17.9. The summed E-state index contributed by atoms with van der Waals surface area (Å²) < 4.78 is 10.5. The number of carbonyl (C=O) groups excluding carboxylic acids is 3. The molecule has 2 aromatic rings. The Balaban J connectivity index is 1.59. The molecule has 7 nitrogen and oxygen atoms in total. The molecule has 0 unspecified atom stereocenters. The lowest BCUT2D eigenvalue weighted by molar-refractivity contribution is -0.147. The van der Waals surface area contributed by atoms with Crippen LogP contribution >= 0.6 is 0 Å². The average molecular weight is 425 g/mol. The van der Waals surface area contributed by atoms with Crippen molar-refractivity contribution in [3.05, 3.63) is 60.2 Å². The summed E-state index contributed by atoms with van der Waals surface area (Å²) in [4.78, 5) is 38.5. The smallest absolute Gasteiger partial charge is 0.411 e. The fourth-order valence-corrected chi connectivity index (χ4v) is 3.35. The number of esters is 1. The fraction of sp³-hybridized carbons (Fsp3) is 0.375. The SMILES string of the molecule is CC(C)(C)OC(=O)N1C[C@H](O)C[C@H]1C(=O)OCC(=O)c1ccc(-c2ccccc2)cc1. The highest BCUT2D eigenvalue weighted by Gasteiger charge is 2.42. The van der Waals surface area contributed by atoms with Crippen molar-refractivity contribution in [3.63, 3.8) is 0 Å². The Labute approximate surface area is 181 Å². The quantitative estimate of drug-likeness (QED) is 0.583. The summed E-state index contributed by atoms with van der Waals surface area (Å²) in [6.45, 7) is 4.67. The van der Waals surface area contributed by atoms with E-state index in [2.05, 4.69) is 0 Å². The number of ether oxygens (including phenoxy) is 2. The number of nitrogens with zero attached hydrogens (tertiary/aromatic N) is 1. The molecular weight excluding hydrogens is 398 g/mol. The van der Waals surface area contributed by atoms with E-state index in [1.165, 1.54) is 0 Å². The largest absolute Gasteiger partial charge is 0.456 e. The molecule has 0 bridgehead atoms. The van der Waals surface area contributed by atoms with Crippen LogP contribution in [0.2, 0.25) is 0 Å². The van der Waals surface area contributed by atoms with Crippen molar-refractivity contribution in [2.45, 2.75) is 44.9 Å². The van der Waals surface area contributed by atoms with E-state index in [4.69, 9.17) is 9.47 Å². The standard InChI is InChI=1S/C24H27NO6/c1-24(2,3)31-23(29)25-14-19(26)13-20(25)22(28)30-15-21(27)18-11-9-17(10-12-18)16-7-5-4-6-8-16/h4-12,19-20,26H,13-15H2,1-3H3/t19-,20+/m1/s1. The molecule has 0 spiro atoms. The van der Waals surface area contributed by atoms with Crippen LogP contribution in [0.25, 0.3) is 11.1 Å². The maximum Gasteiger partial charge on any atom is 0.411 e.